The Morgan fingerprint density at radius 2 is 1.82 bits per heavy atom. The van der Waals surface area contributed by atoms with Crippen LogP contribution in [-0.2, 0) is 0 Å². The van der Waals surface area contributed by atoms with Crippen LogP contribution < -0.4 is 0 Å². The highest BCUT2D eigenvalue weighted by Gasteiger charge is 2.27. The standard InChI is InChI=1S/C18H20ClNO2/c1-12-9-13(2)11-20(10-12)18(21)17-8-7-16(22-17)14-5-3-4-6-15(14)19/h3-8,12-13H,9-11H2,1-2H3. The maximum absolute atomic E-state index is 12.6. The molecule has 0 spiro atoms. The van der Waals surface area contributed by atoms with E-state index in [0.29, 0.717) is 28.4 Å². The third kappa shape index (κ3) is 3.05. The monoisotopic (exact) mass is 317 g/mol. The number of furan rings is 1. The topological polar surface area (TPSA) is 33.5 Å². The number of hydrogen-bond donors (Lipinski definition) is 0. The molecule has 2 unspecified atom stereocenters. The molecule has 1 amide bonds. The van der Waals surface area contributed by atoms with Crippen LogP contribution in [0.1, 0.15) is 30.8 Å². The van der Waals surface area contributed by atoms with Gasteiger partial charge in [-0.05, 0) is 42.5 Å². The van der Waals surface area contributed by atoms with Gasteiger partial charge in [-0.1, -0.05) is 37.6 Å². The van der Waals surface area contributed by atoms with E-state index in [1.807, 2.05) is 35.2 Å². The lowest BCUT2D eigenvalue weighted by atomic mass is 9.92. The van der Waals surface area contributed by atoms with Gasteiger partial charge >= 0.3 is 0 Å². The highest BCUT2D eigenvalue weighted by Crippen LogP contribution is 2.30. The lowest BCUT2D eigenvalue weighted by Gasteiger charge is -2.34. The van der Waals surface area contributed by atoms with Gasteiger partial charge in [-0.3, -0.25) is 4.79 Å². The van der Waals surface area contributed by atoms with Crippen molar-refractivity contribution < 1.29 is 9.21 Å². The zero-order valence-corrected chi connectivity index (χ0v) is 13.6. The predicted octanol–water partition coefficient (Wildman–Crippen LogP) is 4.72. The predicted molar refractivity (Wildman–Crippen MR) is 88.0 cm³/mol. The van der Waals surface area contributed by atoms with Crippen LogP contribution in [0.3, 0.4) is 0 Å². The van der Waals surface area contributed by atoms with Crippen LogP contribution in [0.2, 0.25) is 5.02 Å². The summed E-state index contributed by atoms with van der Waals surface area (Å²) in [7, 11) is 0. The second kappa shape index (κ2) is 6.17. The molecule has 0 N–H and O–H groups in total. The van der Waals surface area contributed by atoms with Crippen molar-refractivity contribution in [3.05, 3.63) is 47.2 Å². The lowest BCUT2D eigenvalue weighted by molar-refractivity contribution is 0.0592. The lowest BCUT2D eigenvalue weighted by Crippen LogP contribution is -2.42. The largest absolute Gasteiger partial charge is 0.451 e. The van der Waals surface area contributed by atoms with E-state index in [1.165, 1.54) is 6.42 Å². The molecular weight excluding hydrogens is 298 g/mol. The first-order chi connectivity index (χ1) is 10.5. The van der Waals surface area contributed by atoms with Crippen LogP contribution in [0.5, 0.6) is 0 Å². The molecule has 0 saturated carbocycles. The summed E-state index contributed by atoms with van der Waals surface area (Å²) in [5, 5.41) is 0.621. The molecule has 1 aromatic carbocycles. The number of hydrogen-bond acceptors (Lipinski definition) is 2. The SMILES string of the molecule is CC1CC(C)CN(C(=O)c2ccc(-c3ccccc3Cl)o2)C1. The minimum atomic E-state index is -0.0308. The second-order valence-corrected chi connectivity index (χ2v) is 6.71. The summed E-state index contributed by atoms with van der Waals surface area (Å²) in [6, 6.07) is 11.0. The molecule has 2 atom stereocenters. The number of benzene rings is 1. The van der Waals surface area contributed by atoms with E-state index in [9.17, 15) is 4.79 Å². The molecule has 0 bridgehead atoms. The Morgan fingerprint density at radius 3 is 2.50 bits per heavy atom. The number of halogens is 1. The Labute approximate surface area is 135 Å². The third-order valence-corrected chi connectivity index (χ3v) is 4.44. The number of nitrogens with zero attached hydrogens (tertiary/aromatic N) is 1. The molecule has 0 aliphatic carbocycles. The van der Waals surface area contributed by atoms with Crippen molar-refractivity contribution >= 4 is 17.5 Å². The molecule has 1 aliphatic heterocycles. The van der Waals surface area contributed by atoms with Crippen LogP contribution in [0.15, 0.2) is 40.8 Å². The number of rotatable bonds is 2. The van der Waals surface area contributed by atoms with Crippen molar-refractivity contribution in [3.63, 3.8) is 0 Å². The van der Waals surface area contributed by atoms with Crippen LogP contribution in [-0.4, -0.2) is 23.9 Å². The summed E-state index contributed by atoms with van der Waals surface area (Å²) in [4.78, 5) is 14.5. The van der Waals surface area contributed by atoms with Crippen molar-refractivity contribution in [1.82, 2.24) is 4.90 Å². The van der Waals surface area contributed by atoms with Gasteiger partial charge in [0, 0.05) is 18.7 Å². The Kier molecular flexibility index (Phi) is 4.25. The number of piperidine rings is 1. The highest BCUT2D eigenvalue weighted by molar-refractivity contribution is 6.33. The maximum atomic E-state index is 12.6. The molecule has 116 valence electrons. The van der Waals surface area contributed by atoms with E-state index in [-0.39, 0.29) is 5.91 Å². The molecule has 1 aliphatic rings. The van der Waals surface area contributed by atoms with Gasteiger partial charge < -0.3 is 9.32 Å². The van der Waals surface area contributed by atoms with Crippen molar-refractivity contribution in [2.45, 2.75) is 20.3 Å². The van der Waals surface area contributed by atoms with Crippen molar-refractivity contribution in [3.8, 4) is 11.3 Å². The van der Waals surface area contributed by atoms with Crippen LogP contribution in [0.4, 0.5) is 0 Å². The summed E-state index contributed by atoms with van der Waals surface area (Å²) in [6.07, 6.45) is 1.17. The van der Waals surface area contributed by atoms with Gasteiger partial charge in [0.1, 0.15) is 5.76 Å². The summed E-state index contributed by atoms with van der Waals surface area (Å²) in [6.45, 7) is 5.97. The van der Waals surface area contributed by atoms with E-state index < -0.39 is 0 Å². The molecule has 3 nitrogen and oxygen atoms in total. The normalized spacial score (nSPS) is 21.9. The minimum Gasteiger partial charge on any atom is -0.451 e. The van der Waals surface area contributed by atoms with E-state index in [2.05, 4.69) is 13.8 Å². The van der Waals surface area contributed by atoms with Gasteiger partial charge in [-0.25, -0.2) is 0 Å². The zero-order chi connectivity index (χ0) is 15.7. The molecule has 1 fully saturated rings. The highest BCUT2D eigenvalue weighted by atomic mass is 35.5. The number of likely N-dealkylation sites (tertiary alicyclic amines) is 1. The van der Waals surface area contributed by atoms with Crippen molar-refractivity contribution in [2.24, 2.45) is 11.8 Å². The molecule has 0 radical (unpaired) electrons. The van der Waals surface area contributed by atoms with Crippen molar-refractivity contribution in [1.29, 1.82) is 0 Å². The smallest absolute Gasteiger partial charge is 0.289 e. The van der Waals surface area contributed by atoms with Crippen LogP contribution >= 0.6 is 11.6 Å². The number of amides is 1. The zero-order valence-electron chi connectivity index (χ0n) is 12.9. The summed E-state index contributed by atoms with van der Waals surface area (Å²) in [5.74, 6) is 2.05. The first kappa shape index (κ1) is 15.2. The van der Waals surface area contributed by atoms with Crippen molar-refractivity contribution in [2.75, 3.05) is 13.1 Å². The Hall–Kier alpha value is -1.74. The first-order valence-electron chi connectivity index (χ1n) is 7.68. The fraction of sp³-hybridized carbons (Fsp3) is 0.389. The van der Waals surface area contributed by atoms with Crippen LogP contribution in [0, 0.1) is 11.8 Å². The van der Waals surface area contributed by atoms with E-state index in [4.69, 9.17) is 16.0 Å². The molecule has 3 rings (SSSR count). The van der Waals surface area contributed by atoms with Gasteiger partial charge in [0.15, 0.2) is 5.76 Å². The molecule has 2 heterocycles. The summed E-state index contributed by atoms with van der Waals surface area (Å²) >= 11 is 6.18. The van der Waals surface area contributed by atoms with E-state index in [0.717, 1.165) is 18.7 Å². The van der Waals surface area contributed by atoms with Gasteiger partial charge in [0.2, 0.25) is 0 Å². The van der Waals surface area contributed by atoms with Gasteiger partial charge in [-0.2, -0.15) is 0 Å². The number of carbonyl (C=O) groups excluding carboxylic acids is 1. The van der Waals surface area contributed by atoms with E-state index >= 15 is 0 Å². The fourth-order valence-corrected chi connectivity index (χ4v) is 3.47. The summed E-state index contributed by atoms with van der Waals surface area (Å²) in [5.41, 5.74) is 0.809. The molecule has 1 aromatic heterocycles. The Balaban J connectivity index is 1.82. The molecule has 1 saturated heterocycles. The average Bonchev–Trinajstić information content (AvgIpc) is 2.95. The minimum absolute atomic E-state index is 0.0308. The molecular formula is C18H20ClNO2. The van der Waals surface area contributed by atoms with Crippen LogP contribution in [0.25, 0.3) is 11.3 Å². The first-order valence-corrected chi connectivity index (χ1v) is 8.06. The molecule has 2 aromatic rings. The summed E-state index contributed by atoms with van der Waals surface area (Å²) < 4.78 is 5.76. The van der Waals surface area contributed by atoms with E-state index in [1.54, 1.807) is 6.07 Å². The van der Waals surface area contributed by atoms with Gasteiger partial charge in [0.05, 0.1) is 5.02 Å². The Bertz CT molecular complexity index is 669. The Morgan fingerprint density at radius 1 is 1.14 bits per heavy atom. The second-order valence-electron chi connectivity index (χ2n) is 6.30. The number of carbonyl (C=O) groups is 1. The quantitative estimate of drug-likeness (QED) is 0.803. The molecule has 4 heteroatoms. The average molecular weight is 318 g/mol. The maximum Gasteiger partial charge on any atom is 0.289 e. The fourth-order valence-electron chi connectivity index (χ4n) is 3.24. The van der Waals surface area contributed by atoms with Gasteiger partial charge in [0.25, 0.3) is 5.91 Å². The third-order valence-electron chi connectivity index (χ3n) is 4.11. The molecule has 22 heavy (non-hydrogen) atoms. The van der Waals surface area contributed by atoms with Gasteiger partial charge in [-0.15, -0.1) is 0 Å².